The lowest BCUT2D eigenvalue weighted by atomic mass is 10.1. The number of nitrogens with zero attached hydrogens (tertiary/aromatic N) is 2. The Morgan fingerprint density at radius 3 is 1.29 bits per heavy atom. The van der Waals surface area contributed by atoms with Crippen molar-refractivity contribution in [1.29, 1.82) is 0 Å². The first-order valence-electron chi connectivity index (χ1n) is 13.5. The molecule has 0 spiro atoms. The minimum atomic E-state index is -5.28. The molecule has 2 heterocycles. The van der Waals surface area contributed by atoms with Gasteiger partial charge in [-0.3, -0.25) is 19.2 Å². The van der Waals surface area contributed by atoms with Gasteiger partial charge >= 0.3 is 24.3 Å². The van der Waals surface area contributed by atoms with Gasteiger partial charge in [-0.05, 0) is 72.8 Å². The minimum Gasteiger partial charge on any atom is -0.478 e. The van der Waals surface area contributed by atoms with Crippen LogP contribution in [0, 0.1) is 0 Å². The molecule has 0 saturated carbocycles. The van der Waals surface area contributed by atoms with Crippen molar-refractivity contribution in [1.82, 2.24) is 0 Å². The molecule has 4 amide bonds. The van der Waals surface area contributed by atoms with E-state index in [0.717, 1.165) is 48.5 Å². The molecule has 2 N–H and O–H groups in total. The van der Waals surface area contributed by atoms with E-state index in [1.54, 1.807) is 0 Å². The second-order valence-electron chi connectivity index (χ2n) is 10.5. The number of carbonyl (C=O) groups excluding carboxylic acids is 4. The van der Waals surface area contributed by atoms with E-state index in [0.29, 0.717) is 12.1 Å². The van der Waals surface area contributed by atoms with Crippen molar-refractivity contribution in [3.63, 3.8) is 0 Å². The van der Waals surface area contributed by atoms with E-state index in [9.17, 15) is 65.3 Å². The number of ether oxygens (including phenoxy) is 1. The largest absolute Gasteiger partial charge is 0.478 e. The fourth-order valence-electron chi connectivity index (χ4n) is 5.21. The van der Waals surface area contributed by atoms with E-state index in [4.69, 9.17) is 4.74 Å². The Morgan fingerprint density at radius 2 is 0.918 bits per heavy atom. The number of carboxylic acids is 2. The lowest BCUT2D eigenvalue weighted by Gasteiger charge is -2.26. The monoisotopic (exact) mass is 684 g/mol. The molecule has 0 aliphatic carbocycles. The molecule has 0 atom stereocenters. The molecule has 0 radical (unpaired) electrons. The van der Waals surface area contributed by atoms with Crippen molar-refractivity contribution in [2.75, 3.05) is 9.80 Å². The molecule has 248 valence electrons. The van der Waals surface area contributed by atoms with Gasteiger partial charge in [0.25, 0.3) is 23.6 Å². The summed E-state index contributed by atoms with van der Waals surface area (Å²) in [7, 11) is 0. The summed E-state index contributed by atoms with van der Waals surface area (Å²) < 4.78 is 88.6. The Kier molecular flexibility index (Phi) is 7.30. The van der Waals surface area contributed by atoms with Crippen molar-refractivity contribution in [2.24, 2.45) is 0 Å². The van der Waals surface area contributed by atoms with Crippen LogP contribution in [-0.4, -0.2) is 45.8 Å². The third-order valence-electron chi connectivity index (χ3n) is 7.53. The zero-order valence-corrected chi connectivity index (χ0v) is 23.8. The molecular formula is C32H14F6N2O9. The van der Waals surface area contributed by atoms with Crippen LogP contribution in [0.1, 0.15) is 73.3 Å². The van der Waals surface area contributed by atoms with Crippen LogP contribution >= 0.6 is 0 Å². The standard InChI is InChI=1S/C32H14F6N2O9/c33-31(34,35)15-3-5-17(6-4-15)49-24-22(39-25(41)18-7-1-13(29(45)46)9-20(18)27(39)43)11-16(32(36,37)38)12-23(24)40-26(42)19-8-2-14(30(47)48)10-21(19)28(40)44/h1-12H,(H,45,46)(H,47,48). The van der Waals surface area contributed by atoms with Crippen LogP contribution in [-0.2, 0) is 12.4 Å². The van der Waals surface area contributed by atoms with Crippen molar-refractivity contribution in [2.45, 2.75) is 12.4 Å². The number of fused-ring (bicyclic) bond motifs is 2. The third kappa shape index (κ3) is 5.39. The summed E-state index contributed by atoms with van der Waals surface area (Å²) in [6.07, 6.45) is -10.1. The maximum absolute atomic E-state index is 14.4. The maximum Gasteiger partial charge on any atom is 0.416 e. The Morgan fingerprint density at radius 1 is 0.531 bits per heavy atom. The Hall–Kier alpha value is -6.52. The normalized spacial score (nSPS) is 14.3. The second-order valence-corrected chi connectivity index (χ2v) is 10.5. The minimum absolute atomic E-state index is 0.176. The van der Waals surface area contributed by atoms with Crippen LogP contribution in [0.4, 0.5) is 37.7 Å². The first kappa shape index (κ1) is 32.4. The van der Waals surface area contributed by atoms with Gasteiger partial charge in [-0.25, -0.2) is 19.4 Å². The van der Waals surface area contributed by atoms with Crippen LogP contribution in [0.25, 0.3) is 0 Å². The van der Waals surface area contributed by atoms with Gasteiger partial charge < -0.3 is 14.9 Å². The van der Waals surface area contributed by atoms with Gasteiger partial charge in [0.05, 0.1) is 55.9 Å². The predicted octanol–water partition coefficient (Wildman–Crippen LogP) is 6.51. The number of carboxylic acid groups (broad SMARTS) is 2. The molecule has 2 aliphatic heterocycles. The number of rotatable bonds is 6. The molecule has 0 saturated heterocycles. The number of alkyl halides is 6. The van der Waals surface area contributed by atoms with Crippen LogP contribution in [0.15, 0.2) is 72.8 Å². The van der Waals surface area contributed by atoms with Crippen LogP contribution in [0.3, 0.4) is 0 Å². The fraction of sp³-hybridized carbons (Fsp3) is 0.0625. The SMILES string of the molecule is O=C(O)c1ccc2c(c1)C(=O)N(c1cc(C(F)(F)F)cc(N3C(=O)c4ccc(C(=O)O)cc4C3=O)c1Oc1ccc(C(F)(F)F)cc1)C2=O. The summed E-state index contributed by atoms with van der Waals surface area (Å²) in [5, 5.41) is 18.7. The molecule has 4 aromatic carbocycles. The van der Waals surface area contributed by atoms with Gasteiger partial charge in [0, 0.05) is 0 Å². The maximum atomic E-state index is 14.4. The zero-order valence-electron chi connectivity index (χ0n) is 23.8. The molecule has 4 aromatic rings. The van der Waals surface area contributed by atoms with Crippen molar-refractivity contribution >= 4 is 46.9 Å². The predicted molar refractivity (Wildman–Crippen MR) is 152 cm³/mol. The van der Waals surface area contributed by atoms with Crippen molar-refractivity contribution < 1.29 is 70.1 Å². The van der Waals surface area contributed by atoms with Gasteiger partial charge in [0.1, 0.15) is 5.75 Å². The zero-order chi connectivity index (χ0) is 35.7. The Balaban J connectivity index is 1.60. The summed E-state index contributed by atoms with van der Waals surface area (Å²) in [5.41, 5.74) is -7.67. The smallest absolute Gasteiger partial charge is 0.416 e. The van der Waals surface area contributed by atoms with E-state index in [-0.39, 0.29) is 21.9 Å². The number of anilines is 2. The molecule has 17 heteroatoms. The second kappa shape index (κ2) is 11.0. The third-order valence-corrected chi connectivity index (χ3v) is 7.53. The number of hydrogen-bond donors (Lipinski definition) is 2. The lowest BCUT2D eigenvalue weighted by molar-refractivity contribution is -0.138. The molecule has 2 aliphatic rings. The molecule has 6 rings (SSSR count). The molecule has 0 bridgehead atoms. The number of hydrogen-bond acceptors (Lipinski definition) is 7. The van der Waals surface area contributed by atoms with Crippen LogP contribution < -0.4 is 14.5 Å². The molecule has 0 unspecified atom stereocenters. The van der Waals surface area contributed by atoms with E-state index >= 15 is 0 Å². The van der Waals surface area contributed by atoms with E-state index < -0.39 is 115 Å². The number of halogens is 6. The Bertz CT molecular complexity index is 2060. The van der Waals surface area contributed by atoms with Crippen LogP contribution in [0.5, 0.6) is 11.5 Å². The quantitative estimate of drug-likeness (QED) is 0.171. The Labute approximate surface area is 268 Å². The topological polar surface area (TPSA) is 159 Å². The van der Waals surface area contributed by atoms with Crippen LogP contribution in [0.2, 0.25) is 0 Å². The number of amides is 4. The fourth-order valence-corrected chi connectivity index (χ4v) is 5.21. The van der Waals surface area contributed by atoms with Gasteiger partial charge in [0.15, 0.2) is 5.75 Å². The highest BCUT2D eigenvalue weighted by molar-refractivity contribution is 6.37. The summed E-state index contributed by atoms with van der Waals surface area (Å²) in [5.74, 6) is -9.69. The average molecular weight is 684 g/mol. The van der Waals surface area contributed by atoms with Crippen molar-refractivity contribution in [3.8, 4) is 11.5 Å². The summed E-state index contributed by atoms with van der Waals surface area (Å²) >= 11 is 0. The molecule has 11 nitrogen and oxygen atoms in total. The lowest BCUT2D eigenvalue weighted by Crippen LogP contribution is -2.33. The van der Waals surface area contributed by atoms with E-state index in [2.05, 4.69) is 0 Å². The number of aromatic carboxylic acids is 2. The first-order chi connectivity index (χ1) is 22.9. The van der Waals surface area contributed by atoms with E-state index in [1.165, 1.54) is 0 Å². The highest BCUT2D eigenvalue weighted by atomic mass is 19.4. The molecular weight excluding hydrogens is 670 g/mol. The number of imide groups is 2. The summed E-state index contributed by atoms with van der Waals surface area (Å²) in [6.45, 7) is 0. The molecule has 0 aromatic heterocycles. The van der Waals surface area contributed by atoms with E-state index in [1.807, 2.05) is 0 Å². The highest BCUT2D eigenvalue weighted by Gasteiger charge is 2.45. The van der Waals surface area contributed by atoms with Gasteiger partial charge in [0.2, 0.25) is 0 Å². The summed E-state index contributed by atoms with van der Waals surface area (Å²) in [6, 6.07) is 8.50. The molecule has 49 heavy (non-hydrogen) atoms. The first-order valence-corrected chi connectivity index (χ1v) is 13.5. The highest BCUT2D eigenvalue weighted by Crippen LogP contribution is 2.49. The number of carbonyl (C=O) groups is 6. The van der Waals surface area contributed by atoms with Gasteiger partial charge in [-0.1, -0.05) is 0 Å². The molecule has 0 fully saturated rings. The average Bonchev–Trinajstić information content (AvgIpc) is 3.43. The van der Waals surface area contributed by atoms with Crippen molar-refractivity contribution in [3.05, 3.63) is 117 Å². The van der Waals surface area contributed by atoms with Gasteiger partial charge in [-0.15, -0.1) is 0 Å². The van der Waals surface area contributed by atoms with Gasteiger partial charge in [-0.2, -0.15) is 26.3 Å². The summed E-state index contributed by atoms with van der Waals surface area (Å²) in [4.78, 5) is 77.7. The number of benzene rings is 4.